The van der Waals surface area contributed by atoms with Gasteiger partial charge in [-0.3, -0.25) is 14.5 Å². The number of ketones is 1. The van der Waals surface area contributed by atoms with Crippen LogP contribution in [-0.4, -0.2) is 33.0 Å². The number of amides is 1. The van der Waals surface area contributed by atoms with Gasteiger partial charge in [0.25, 0.3) is 0 Å². The predicted molar refractivity (Wildman–Crippen MR) is 153 cm³/mol. The lowest BCUT2D eigenvalue weighted by atomic mass is 9.80. The fourth-order valence-corrected chi connectivity index (χ4v) is 5.81. The number of furan rings is 1. The van der Waals surface area contributed by atoms with Crippen molar-refractivity contribution in [2.24, 2.45) is 0 Å². The normalized spacial score (nSPS) is 18.4. The topological polar surface area (TPSA) is 90.2 Å². The lowest BCUT2D eigenvalue weighted by Gasteiger charge is -2.35. The number of hydrogen-bond acceptors (Lipinski definition) is 7. The molecule has 40 heavy (non-hydrogen) atoms. The number of Topliss-reactive ketones (excluding diaryl/α,β-unsaturated/α-hetero) is 1. The van der Waals surface area contributed by atoms with E-state index in [0.717, 1.165) is 42.1 Å². The average molecular weight is 545 g/mol. The number of unbranched alkanes of at least 4 members (excludes halogenated alkanes) is 2. The monoisotopic (exact) mass is 544 g/mol. The molecule has 3 aromatic rings. The van der Waals surface area contributed by atoms with Crippen LogP contribution in [-0.2, 0) is 9.59 Å². The first-order valence-corrected chi connectivity index (χ1v) is 13.8. The number of rotatable bonds is 9. The maximum Gasteiger partial charge on any atom is 0.227 e. The predicted octanol–water partition coefficient (Wildman–Crippen LogP) is 6.79. The van der Waals surface area contributed by atoms with Crippen molar-refractivity contribution in [3.63, 3.8) is 0 Å². The van der Waals surface area contributed by atoms with E-state index in [-0.39, 0.29) is 24.0 Å². The van der Waals surface area contributed by atoms with Gasteiger partial charge in [-0.05, 0) is 54.8 Å². The molecule has 8 nitrogen and oxygen atoms in total. The van der Waals surface area contributed by atoms with Crippen LogP contribution in [0.3, 0.4) is 0 Å². The van der Waals surface area contributed by atoms with Gasteiger partial charge in [0, 0.05) is 30.0 Å². The second-order valence-electron chi connectivity index (χ2n) is 10.2. The Hall–Kier alpha value is -4.20. The van der Waals surface area contributed by atoms with Crippen molar-refractivity contribution >= 4 is 23.1 Å². The van der Waals surface area contributed by atoms with Gasteiger partial charge in [-0.2, -0.15) is 0 Å². The molecule has 5 rings (SSSR count). The number of ether oxygens (including phenoxy) is 3. The van der Waals surface area contributed by atoms with E-state index >= 15 is 0 Å². The molecule has 8 heteroatoms. The fraction of sp³-hybridized carbons (Fsp3) is 0.375. The summed E-state index contributed by atoms with van der Waals surface area (Å²) in [4.78, 5) is 30.0. The SMILES string of the molecule is CCCCCC(=O)N1c2ccccc2NC2=C(C(=O)CC(c3ccco3)C2)C1c1cc(OC)c(OC)c(OC)c1. The standard InChI is InChI=1S/C32H36N2O6/c1-5-6-7-14-29(36)34-24-12-9-8-11-22(24)33-23-16-20(26-13-10-15-40-26)17-25(35)30(23)31(34)21-18-27(37-2)32(39-4)28(19-21)38-3/h8-13,15,18-20,31,33H,5-7,14,16-17H2,1-4H3. The molecule has 0 saturated heterocycles. The maximum atomic E-state index is 14.1. The Morgan fingerprint density at radius 3 is 2.40 bits per heavy atom. The Morgan fingerprint density at radius 2 is 1.75 bits per heavy atom. The van der Waals surface area contributed by atoms with Crippen molar-refractivity contribution in [3.8, 4) is 17.2 Å². The number of allylic oxidation sites excluding steroid dienone is 1. The van der Waals surface area contributed by atoms with Gasteiger partial charge < -0.3 is 23.9 Å². The van der Waals surface area contributed by atoms with Crippen molar-refractivity contribution in [2.45, 2.75) is 57.4 Å². The van der Waals surface area contributed by atoms with Crippen molar-refractivity contribution < 1.29 is 28.2 Å². The van der Waals surface area contributed by atoms with Crippen LogP contribution in [0.15, 0.2) is 70.5 Å². The molecule has 1 aliphatic heterocycles. The van der Waals surface area contributed by atoms with Gasteiger partial charge in [-0.1, -0.05) is 31.9 Å². The third-order valence-corrected chi connectivity index (χ3v) is 7.70. The summed E-state index contributed by atoms with van der Waals surface area (Å²) >= 11 is 0. The minimum absolute atomic E-state index is 0.0342. The molecule has 2 heterocycles. The van der Waals surface area contributed by atoms with E-state index in [1.807, 2.05) is 48.5 Å². The van der Waals surface area contributed by atoms with E-state index in [1.165, 1.54) is 0 Å². The minimum Gasteiger partial charge on any atom is -0.493 e. The zero-order chi connectivity index (χ0) is 28.2. The number of carbonyl (C=O) groups is 2. The molecule has 1 N–H and O–H groups in total. The largest absolute Gasteiger partial charge is 0.493 e. The van der Waals surface area contributed by atoms with Crippen LogP contribution in [0.2, 0.25) is 0 Å². The Kier molecular flexibility index (Phi) is 8.14. The number of methoxy groups -OCH3 is 3. The highest BCUT2D eigenvalue weighted by atomic mass is 16.5. The highest BCUT2D eigenvalue weighted by Gasteiger charge is 2.42. The number of nitrogens with one attached hydrogen (secondary N) is 1. The van der Waals surface area contributed by atoms with Crippen LogP contribution in [0.1, 0.15) is 68.7 Å². The Labute approximate surface area is 234 Å². The second kappa shape index (κ2) is 11.9. The van der Waals surface area contributed by atoms with Crippen LogP contribution in [0.5, 0.6) is 17.2 Å². The summed E-state index contributed by atoms with van der Waals surface area (Å²) in [6.07, 6.45) is 5.58. The van der Waals surface area contributed by atoms with Crippen molar-refractivity contribution in [1.29, 1.82) is 0 Å². The first kappa shape index (κ1) is 27.4. The van der Waals surface area contributed by atoms with Crippen LogP contribution >= 0.6 is 0 Å². The molecule has 0 saturated carbocycles. The number of hydrogen-bond donors (Lipinski definition) is 1. The van der Waals surface area contributed by atoms with E-state index in [2.05, 4.69) is 12.2 Å². The second-order valence-corrected chi connectivity index (χ2v) is 10.2. The summed E-state index contributed by atoms with van der Waals surface area (Å²) in [7, 11) is 4.67. The Morgan fingerprint density at radius 1 is 1.00 bits per heavy atom. The van der Waals surface area contributed by atoms with Crippen molar-refractivity contribution in [3.05, 3.63) is 77.4 Å². The van der Waals surface area contributed by atoms with Gasteiger partial charge >= 0.3 is 0 Å². The summed E-state index contributed by atoms with van der Waals surface area (Å²) in [6.45, 7) is 2.11. The quantitative estimate of drug-likeness (QED) is 0.297. The highest BCUT2D eigenvalue weighted by Crippen LogP contribution is 2.50. The highest BCUT2D eigenvalue weighted by molar-refractivity contribution is 6.06. The lowest BCUT2D eigenvalue weighted by molar-refractivity contribution is -0.119. The number of carbonyl (C=O) groups excluding carboxylic acids is 2. The molecule has 2 unspecified atom stereocenters. The van der Waals surface area contributed by atoms with Crippen molar-refractivity contribution in [1.82, 2.24) is 0 Å². The molecule has 2 aromatic carbocycles. The molecule has 0 fully saturated rings. The van der Waals surface area contributed by atoms with E-state index in [0.29, 0.717) is 41.2 Å². The molecule has 0 spiro atoms. The van der Waals surface area contributed by atoms with Crippen LogP contribution in [0.25, 0.3) is 0 Å². The summed E-state index contributed by atoms with van der Waals surface area (Å²) in [5.41, 5.74) is 3.56. The average Bonchev–Trinajstić information content (AvgIpc) is 3.46. The number of para-hydroxylation sites is 2. The number of fused-ring (bicyclic) bond motifs is 1. The van der Waals surface area contributed by atoms with Gasteiger partial charge in [0.2, 0.25) is 11.7 Å². The minimum atomic E-state index is -0.695. The van der Waals surface area contributed by atoms with Crippen LogP contribution in [0.4, 0.5) is 11.4 Å². The van der Waals surface area contributed by atoms with Gasteiger partial charge in [-0.15, -0.1) is 0 Å². The molecule has 0 bridgehead atoms. The zero-order valence-corrected chi connectivity index (χ0v) is 23.5. The van der Waals surface area contributed by atoms with E-state index in [1.54, 1.807) is 32.5 Å². The molecule has 1 aliphatic carbocycles. The summed E-state index contributed by atoms with van der Waals surface area (Å²) in [5, 5.41) is 3.55. The third kappa shape index (κ3) is 5.06. The Balaban J connectivity index is 1.74. The molecular weight excluding hydrogens is 508 g/mol. The van der Waals surface area contributed by atoms with Crippen LogP contribution < -0.4 is 24.4 Å². The number of benzene rings is 2. The molecular formula is C32H36N2O6. The fourth-order valence-electron chi connectivity index (χ4n) is 5.81. The summed E-state index contributed by atoms with van der Waals surface area (Å²) in [5.74, 6) is 1.96. The lowest BCUT2D eigenvalue weighted by Crippen LogP contribution is -2.38. The van der Waals surface area contributed by atoms with Gasteiger partial charge in [0.05, 0.1) is 45.0 Å². The van der Waals surface area contributed by atoms with E-state index in [4.69, 9.17) is 18.6 Å². The first-order chi connectivity index (χ1) is 19.5. The van der Waals surface area contributed by atoms with E-state index < -0.39 is 6.04 Å². The molecule has 2 atom stereocenters. The summed E-state index contributed by atoms with van der Waals surface area (Å²) < 4.78 is 22.6. The van der Waals surface area contributed by atoms with Gasteiger partial charge in [-0.25, -0.2) is 0 Å². The molecule has 210 valence electrons. The third-order valence-electron chi connectivity index (χ3n) is 7.70. The van der Waals surface area contributed by atoms with Crippen molar-refractivity contribution in [2.75, 3.05) is 31.5 Å². The Bertz CT molecular complexity index is 1390. The molecule has 2 aliphatic rings. The molecule has 1 aromatic heterocycles. The smallest absolute Gasteiger partial charge is 0.227 e. The number of anilines is 2. The van der Waals surface area contributed by atoms with Gasteiger partial charge in [0.15, 0.2) is 17.3 Å². The molecule has 1 amide bonds. The van der Waals surface area contributed by atoms with Gasteiger partial charge in [0.1, 0.15) is 5.76 Å². The molecule has 0 radical (unpaired) electrons. The van der Waals surface area contributed by atoms with Crippen LogP contribution in [0, 0.1) is 0 Å². The first-order valence-electron chi connectivity index (χ1n) is 13.8. The maximum absolute atomic E-state index is 14.1. The zero-order valence-electron chi connectivity index (χ0n) is 23.5. The number of nitrogens with zero attached hydrogens (tertiary/aromatic N) is 1. The summed E-state index contributed by atoms with van der Waals surface area (Å²) in [6, 6.07) is 14.5. The van der Waals surface area contributed by atoms with E-state index in [9.17, 15) is 9.59 Å².